The maximum Gasteiger partial charge on any atom is 0.313 e. The van der Waals surface area contributed by atoms with Crippen molar-refractivity contribution in [2.45, 2.75) is 43.3 Å². The monoisotopic (exact) mass is 324 g/mol. The van der Waals surface area contributed by atoms with E-state index < -0.39 is 5.97 Å². The van der Waals surface area contributed by atoms with E-state index in [2.05, 4.69) is 16.5 Å². The number of imidazole rings is 1. The van der Waals surface area contributed by atoms with Crippen molar-refractivity contribution in [3.63, 3.8) is 0 Å². The zero-order valence-electron chi connectivity index (χ0n) is 11.8. The van der Waals surface area contributed by atoms with E-state index in [0.717, 1.165) is 29.0 Å². The molecule has 1 saturated carbocycles. The molecule has 1 aromatic carbocycles. The number of carbonyl (C=O) groups is 1. The topological polar surface area (TPSA) is 55.1 Å². The minimum absolute atomic E-state index is 0.0173. The molecule has 1 aromatic heterocycles. The Morgan fingerprint density at radius 1 is 1.48 bits per heavy atom. The van der Waals surface area contributed by atoms with Gasteiger partial charge in [0.25, 0.3) is 0 Å². The van der Waals surface area contributed by atoms with Gasteiger partial charge in [0.05, 0.1) is 16.8 Å². The molecule has 1 fully saturated rings. The fraction of sp³-hybridized carbons (Fsp3) is 0.467. The van der Waals surface area contributed by atoms with Gasteiger partial charge in [-0.1, -0.05) is 36.2 Å². The van der Waals surface area contributed by atoms with E-state index in [4.69, 9.17) is 16.7 Å². The van der Waals surface area contributed by atoms with Crippen molar-refractivity contribution in [2.75, 3.05) is 5.75 Å². The molecule has 1 N–H and O–H groups in total. The van der Waals surface area contributed by atoms with E-state index in [1.165, 1.54) is 24.6 Å². The number of benzene rings is 1. The maximum absolute atomic E-state index is 10.9. The molecular weight excluding hydrogens is 308 g/mol. The van der Waals surface area contributed by atoms with Crippen LogP contribution < -0.4 is 0 Å². The third kappa shape index (κ3) is 2.77. The smallest absolute Gasteiger partial charge is 0.313 e. The zero-order chi connectivity index (χ0) is 15.0. The Bertz CT molecular complexity index is 692. The van der Waals surface area contributed by atoms with E-state index in [0.29, 0.717) is 5.02 Å². The summed E-state index contributed by atoms with van der Waals surface area (Å²) in [6.07, 6.45) is 4.60. The van der Waals surface area contributed by atoms with Crippen LogP contribution in [-0.2, 0) is 10.3 Å². The third-order valence-electron chi connectivity index (χ3n) is 4.13. The number of aliphatic carboxylic acids is 1. The summed E-state index contributed by atoms with van der Waals surface area (Å²) < 4.78 is 2.22. The number of carboxylic acids is 1. The van der Waals surface area contributed by atoms with Crippen molar-refractivity contribution >= 4 is 40.4 Å². The Balaban J connectivity index is 2.13. The highest BCUT2D eigenvalue weighted by Crippen LogP contribution is 2.41. The van der Waals surface area contributed by atoms with Crippen LogP contribution in [0.4, 0.5) is 0 Å². The molecule has 0 unspecified atom stereocenters. The van der Waals surface area contributed by atoms with Gasteiger partial charge >= 0.3 is 5.97 Å². The zero-order valence-corrected chi connectivity index (χ0v) is 13.4. The van der Waals surface area contributed by atoms with Gasteiger partial charge in [-0.05, 0) is 38.0 Å². The molecule has 0 spiro atoms. The second kappa shape index (κ2) is 5.54. The molecule has 0 amide bonds. The fourth-order valence-corrected chi connectivity index (χ4v) is 4.17. The van der Waals surface area contributed by atoms with Crippen LogP contribution in [0.2, 0.25) is 5.02 Å². The second-order valence-corrected chi connectivity index (χ2v) is 7.13. The molecule has 1 aliphatic carbocycles. The van der Waals surface area contributed by atoms with Crippen LogP contribution in [0.25, 0.3) is 11.0 Å². The van der Waals surface area contributed by atoms with Gasteiger partial charge in [0.1, 0.15) is 0 Å². The van der Waals surface area contributed by atoms with Crippen LogP contribution in [-0.4, -0.2) is 26.4 Å². The summed E-state index contributed by atoms with van der Waals surface area (Å²) in [5, 5.41) is 10.4. The Morgan fingerprint density at radius 3 is 2.86 bits per heavy atom. The van der Waals surface area contributed by atoms with Crippen LogP contribution in [0.15, 0.2) is 23.4 Å². The Hall–Kier alpha value is -1.20. The molecule has 0 aliphatic heterocycles. The minimum Gasteiger partial charge on any atom is -0.481 e. The van der Waals surface area contributed by atoms with Crippen molar-refractivity contribution < 1.29 is 9.90 Å². The van der Waals surface area contributed by atoms with E-state index in [-0.39, 0.29) is 11.3 Å². The molecular formula is C15H17ClN2O2S. The Morgan fingerprint density at radius 2 is 2.19 bits per heavy atom. The van der Waals surface area contributed by atoms with Crippen LogP contribution in [0.1, 0.15) is 32.6 Å². The number of hydrogen-bond acceptors (Lipinski definition) is 3. The van der Waals surface area contributed by atoms with Gasteiger partial charge in [-0.15, -0.1) is 0 Å². The molecule has 21 heavy (non-hydrogen) atoms. The average molecular weight is 325 g/mol. The molecule has 0 bridgehead atoms. The lowest BCUT2D eigenvalue weighted by Gasteiger charge is -2.28. The normalized spacial score (nSPS) is 17.4. The number of carboxylic acid groups (broad SMARTS) is 1. The number of aromatic nitrogens is 2. The number of nitrogens with zero attached hydrogens (tertiary/aromatic N) is 2. The standard InChI is InChI=1S/C15H17ClN2O2S/c1-15(6-2-3-7-15)18-12-5-4-10(16)8-11(12)17-14(18)21-9-13(19)20/h4-5,8H,2-3,6-7,9H2,1H3,(H,19,20). The number of halogens is 1. The molecule has 0 saturated heterocycles. The lowest BCUT2D eigenvalue weighted by Crippen LogP contribution is -2.27. The summed E-state index contributed by atoms with van der Waals surface area (Å²) in [7, 11) is 0. The number of thioether (sulfide) groups is 1. The van der Waals surface area contributed by atoms with Gasteiger partial charge in [0, 0.05) is 10.6 Å². The Labute approximate surface area is 132 Å². The van der Waals surface area contributed by atoms with Crippen molar-refractivity contribution in [1.82, 2.24) is 9.55 Å². The van der Waals surface area contributed by atoms with Gasteiger partial charge in [0.15, 0.2) is 5.16 Å². The predicted molar refractivity (Wildman–Crippen MR) is 85.2 cm³/mol. The highest BCUT2D eigenvalue weighted by molar-refractivity contribution is 7.99. The highest BCUT2D eigenvalue weighted by atomic mass is 35.5. The molecule has 0 atom stereocenters. The number of fused-ring (bicyclic) bond motifs is 1. The SMILES string of the molecule is CC1(n2c(SCC(=O)O)nc3cc(Cl)ccc32)CCCC1. The van der Waals surface area contributed by atoms with Gasteiger partial charge < -0.3 is 9.67 Å². The minimum atomic E-state index is -0.826. The summed E-state index contributed by atoms with van der Waals surface area (Å²) in [6.45, 7) is 2.24. The molecule has 1 heterocycles. The van der Waals surface area contributed by atoms with E-state index in [1.807, 2.05) is 18.2 Å². The molecule has 4 nitrogen and oxygen atoms in total. The second-order valence-electron chi connectivity index (χ2n) is 5.75. The van der Waals surface area contributed by atoms with Crippen LogP contribution in [0.5, 0.6) is 0 Å². The van der Waals surface area contributed by atoms with Crippen LogP contribution >= 0.6 is 23.4 Å². The molecule has 6 heteroatoms. The molecule has 0 radical (unpaired) electrons. The summed E-state index contributed by atoms with van der Waals surface area (Å²) >= 11 is 7.33. The van der Waals surface area contributed by atoms with Crippen LogP contribution in [0.3, 0.4) is 0 Å². The molecule has 3 rings (SSSR count). The molecule has 2 aromatic rings. The summed E-state index contributed by atoms with van der Waals surface area (Å²) in [5.41, 5.74) is 1.89. The van der Waals surface area contributed by atoms with Crippen LogP contribution in [0, 0.1) is 0 Å². The van der Waals surface area contributed by atoms with Gasteiger partial charge in [-0.3, -0.25) is 4.79 Å². The van der Waals surface area contributed by atoms with Gasteiger partial charge in [-0.25, -0.2) is 4.98 Å². The van der Waals surface area contributed by atoms with Crippen molar-refractivity contribution in [2.24, 2.45) is 0 Å². The van der Waals surface area contributed by atoms with E-state index in [1.54, 1.807) is 0 Å². The first-order valence-corrected chi connectivity index (χ1v) is 8.39. The lowest BCUT2D eigenvalue weighted by atomic mass is 10.0. The summed E-state index contributed by atoms with van der Waals surface area (Å²) in [4.78, 5) is 15.5. The first-order valence-electron chi connectivity index (χ1n) is 7.03. The van der Waals surface area contributed by atoms with Crippen molar-refractivity contribution in [3.05, 3.63) is 23.2 Å². The van der Waals surface area contributed by atoms with Crippen molar-refractivity contribution in [3.8, 4) is 0 Å². The van der Waals surface area contributed by atoms with Gasteiger partial charge in [0.2, 0.25) is 0 Å². The largest absolute Gasteiger partial charge is 0.481 e. The first-order chi connectivity index (χ1) is 9.99. The maximum atomic E-state index is 10.9. The highest BCUT2D eigenvalue weighted by Gasteiger charge is 2.34. The Kier molecular flexibility index (Phi) is 3.88. The first kappa shape index (κ1) is 14.7. The molecule has 1 aliphatic rings. The number of hydrogen-bond donors (Lipinski definition) is 1. The quantitative estimate of drug-likeness (QED) is 0.858. The van der Waals surface area contributed by atoms with Gasteiger partial charge in [-0.2, -0.15) is 0 Å². The molecule has 112 valence electrons. The number of rotatable bonds is 4. The lowest BCUT2D eigenvalue weighted by molar-refractivity contribution is -0.133. The fourth-order valence-electron chi connectivity index (χ4n) is 3.14. The van der Waals surface area contributed by atoms with E-state index >= 15 is 0 Å². The third-order valence-corrected chi connectivity index (χ3v) is 5.29. The van der Waals surface area contributed by atoms with Crippen molar-refractivity contribution in [1.29, 1.82) is 0 Å². The summed E-state index contributed by atoms with van der Waals surface area (Å²) in [6, 6.07) is 5.70. The predicted octanol–water partition coefficient (Wildman–Crippen LogP) is 4.16. The summed E-state index contributed by atoms with van der Waals surface area (Å²) in [5.74, 6) is -0.805. The average Bonchev–Trinajstić information content (AvgIpc) is 3.00. The van der Waals surface area contributed by atoms with E-state index in [9.17, 15) is 4.79 Å².